The van der Waals surface area contributed by atoms with Gasteiger partial charge in [0.25, 0.3) is 0 Å². The van der Waals surface area contributed by atoms with Gasteiger partial charge in [-0.05, 0) is 39.7 Å². The molecule has 26 heavy (non-hydrogen) atoms. The molecule has 1 N–H and O–H groups in total. The molecule has 1 aromatic heterocycles. The maximum Gasteiger partial charge on any atom is 0.152 e. The predicted molar refractivity (Wildman–Crippen MR) is 104 cm³/mol. The minimum Gasteiger partial charge on any atom is -0.330 e. The Balaban J connectivity index is 1.76. The SMILES string of the molecule is Cc1ccc(C)c(C[NH+](C)Cc2c(C)nn([C@H]3CCS(=O)(=O)C3)c2C)c1. The molecule has 6 heteroatoms. The molecule has 2 aromatic rings. The number of nitrogens with one attached hydrogen (secondary N) is 1. The van der Waals surface area contributed by atoms with E-state index in [0.29, 0.717) is 6.42 Å². The standard InChI is InChI=1S/C20H29N3O2S/c1-14-6-7-15(2)18(10-14)11-22(5)12-20-16(3)21-23(17(20)4)19-8-9-26(24,25)13-19/h6-7,10,19H,8-9,11-13H2,1-5H3/p+1/t19-/m0/s1. The number of hydrogen-bond donors (Lipinski definition) is 1. The smallest absolute Gasteiger partial charge is 0.152 e. The van der Waals surface area contributed by atoms with Gasteiger partial charge in [-0.25, -0.2) is 8.42 Å². The van der Waals surface area contributed by atoms with Crippen molar-refractivity contribution >= 4 is 9.84 Å². The van der Waals surface area contributed by atoms with Crippen molar-refractivity contribution in [3.8, 4) is 0 Å². The number of aryl methyl sites for hydroxylation is 3. The normalized spacial score (nSPS) is 20.4. The molecular formula is C20H30N3O2S+. The molecule has 0 saturated carbocycles. The van der Waals surface area contributed by atoms with Crippen LogP contribution in [0.4, 0.5) is 0 Å². The third kappa shape index (κ3) is 4.01. The van der Waals surface area contributed by atoms with Crippen molar-refractivity contribution in [2.45, 2.75) is 53.2 Å². The number of rotatable bonds is 5. The fraction of sp³-hybridized carbons (Fsp3) is 0.550. The molecule has 1 aliphatic heterocycles. The zero-order valence-electron chi connectivity index (χ0n) is 16.5. The Kier molecular flexibility index (Phi) is 5.26. The minimum atomic E-state index is -2.90. The van der Waals surface area contributed by atoms with Crippen LogP contribution in [0.15, 0.2) is 18.2 Å². The summed E-state index contributed by atoms with van der Waals surface area (Å²) < 4.78 is 25.6. The van der Waals surface area contributed by atoms with Crippen LogP contribution >= 0.6 is 0 Å². The third-order valence-corrected chi connectivity index (χ3v) is 7.25. The molecule has 0 spiro atoms. The molecule has 2 heterocycles. The van der Waals surface area contributed by atoms with Gasteiger partial charge in [0.15, 0.2) is 9.84 Å². The summed E-state index contributed by atoms with van der Waals surface area (Å²) in [5.41, 5.74) is 7.39. The van der Waals surface area contributed by atoms with Gasteiger partial charge < -0.3 is 4.90 Å². The van der Waals surface area contributed by atoms with E-state index in [1.54, 1.807) is 0 Å². The Hall–Kier alpha value is -1.66. The fourth-order valence-electron chi connectivity index (χ4n) is 3.96. The van der Waals surface area contributed by atoms with Crippen molar-refractivity contribution in [1.29, 1.82) is 0 Å². The fourth-order valence-corrected chi connectivity index (χ4v) is 5.65. The van der Waals surface area contributed by atoms with Gasteiger partial charge in [-0.3, -0.25) is 4.68 Å². The molecule has 0 radical (unpaired) electrons. The predicted octanol–water partition coefficient (Wildman–Crippen LogP) is 1.69. The van der Waals surface area contributed by atoms with Crippen LogP contribution in [-0.2, 0) is 22.9 Å². The Morgan fingerprint density at radius 3 is 2.58 bits per heavy atom. The van der Waals surface area contributed by atoms with Gasteiger partial charge in [0, 0.05) is 11.3 Å². The molecule has 1 saturated heterocycles. The molecule has 0 amide bonds. The molecule has 1 fully saturated rings. The quantitative estimate of drug-likeness (QED) is 0.864. The Labute approximate surface area is 156 Å². The van der Waals surface area contributed by atoms with E-state index in [1.807, 2.05) is 11.6 Å². The number of sulfone groups is 1. The third-order valence-electron chi connectivity index (χ3n) is 5.50. The van der Waals surface area contributed by atoms with E-state index >= 15 is 0 Å². The highest BCUT2D eigenvalue weighted by Crippen LogP contribution is 2.26. The molecule has 2 atom stereocenters. The average Bonchev–Trinajstić information content (AvgIpc) is 3.04. The lowest BCUT2D eigenvalue weighted by atomic mass is 10.0. The van der Waals surface area contributed by atoms with Gasteiger partial charge in [0.05, 0.1) is 35.9 Å². The van der Waals surface area contributed by atoms with Crippen LogP contribution < -0.4 is 4.90 Å². The first-order chi connectivity index (χ1) is 12.2. The van der Waals surface area contributed by atoms with Crippen LogP contribution in [0.2, 0.25) is 0 Å². The maximum atomic E-state index is 11.8. The number of quaternary nitrogens is 1. The van der Waals surface area contributed by atoms with Crippen molar-refractivity contribution in [1.82, 2.24) is 9.78 Å². The highest BCUT2D eigenvalue weighted by atomic mass is 32.2. The molecule has 1 aliphatic rings. The largest absolute Gasteiger partial charge is 0.330 e. The first-order valence-electron chi connectivity index (χ1n) is 9.28. The first kappa shape index (κ1) is 19.1. The molecule has 5 nitrogen and oxygen atoms in total. The first-order valence-corrected chi connectivity index (χ1v) is 11.1. The van der Waals surface area contributed by atoms with Crippen molar-refractivity contribution in [3.05, 3.63) is 51.8 Å². The number of hydrogen-bond acceptors (Lipinski definition) is 3. The van der Waals surface area contributed by atoms with Gasteiger partial charge >= 0.3 is 0 Å². The Bertz CT molecular complexity index is 915. The molecule has 1 unspecified atom stereocenters. The number of aromatic nitrogens is 2. The summed E-state index contributed by atoms with van der Waals surface area (Å²) in [5, 5.41) is 4.69. The van der Waals surface area contributed by atoms with E-state index in [9.17, 15) is 8.42 Å². The second-order valence-corrected chi connectivity index (χ2v) is 10.1. The highest BCUT2D eigenvalue weighted by Gasteiger charge is 2.31. The van der Waals surface area contributed by atoms with Gasteiger partial charge in [0.2, 0.25) is 0 Å². The zero-order chi connectivity index (χ0) is 19.1. The van der Waals surface area contributed by atoms with Crippen LogP contribution in [0.5, 0.6) is 0 Å². The highest BCUT2D eigenvalue weighted by molar-refractivity contribution is 7.91. The van der Waals surface area contributed by atoms with E-state index in [4.69, 9.17) is 0 Å². The summed E-state index contributed by atoms with van der Waals surface area (Å²) in [5.74, 6) is 0.503. The van der Waals surface area contributed by atoms with Crippen LogP contribution in [0, 0.1) is 27.7 Å². The zero-order valence-corrected chi connectivity index (χ0v) is 17.3. The van der Waals surface area contributed by atoms with E-state index in [0.717, 1.165) is 24.5 Å². The number of benzene rings is 1. The van der Waals surface area contributed by atoms with Crippen LogP contribution in [0.1, 0.15) is 46.1 Å². The maximum absolute atomic E-state index is 11.8. The number of nitrogens with zero attached hydrogens (tertiary/aromatic N) is 2. The molecule has 0 aliphatic carbocycles. The van der Waals surface area contributed by atoms with Crippen molar-refractivity contribution < 1.29 is 13.3 Å². The Morgan fingerprint density at radius 1 is 1.19 bits per heavy atom. The second-order valence-electron chi connectivity index (χ2n) is 7.89. The lowest BCUT2D eigenvalue weighted by molar-refractivity contribution is -0.907. The summed E-state index contributed by atoms with van der Waals surface area (Å²) in [6.07, 6.45) is 0.676. The van der Waals surface area contributed by atoms with E-state index in [-0.39, 0.29) is 17.5 Å². The summed E-state index contributed by atoms with van der Waals surface area (Å²) in [4.78, 5) is 1.41. The van der Waals surface area contributed by atoms with Gasteiger partial charge in [-0.1, -0.05) is 23.8 Å². The van der Waals surface area contributed by atoms with Crippen molar-refractivity contribution in [2.75, 3.05) is 18.6 Å². The van der Waals surface area contributed by atoms with Crippen LogP contribution in [0.3, 0.4) is 0 Å². The van der Waals surface area contributed by atoms with E-state index < -0.39 is 9.84 Å². The van der Waals surface area contributed by atoms with E-state index in [2.05, 4.69) is 51.1 Å². The summed E-state index contributed by atoms with van der Waals surface area (Å²) >= 11 is 0. The molecule has 3 rings (SSSR count). The summed E-state index contributed by atoms with van der Waals surface area (Å²) in [7, 11) is -0.696. The average molecular weight is 377 g/mol. The topological polar surface area (TPSA) is 56.4 Å². The van der Waals surface area contributed by atoms with Gasteiger partial charge in [-0.2, -0.15) is 5.10 Å². The van der Waals surface area contributed by atoms with Crippen molar-refractivity contribution in [2.24, 2.45) is 0 Å². The molecule has 142 valence electrons. The molecular weight excluding hydrogens is 346 g/mol. The van der Waals surface area contributed by atoms with Gasteiger partial charge in [0.1, 0.15) is 13.1 Å². The second kappa shape index (κ2) is 7.16. The lowest BCUT2D eigenvalue weighted by Crippen LogP contribution is -3.06. The van der Waals surface area contributed by atoms with Crippen LogP contribution in [0.25, 0.3) is 0 Å². The lowest BCUT2D eigenvalue weighted by Gasteiger charge is -2.17. The van der Waals surface area contributed by atoms with Gasteiger partial charge in [-0.15, -0.1) is 0 Å². The minimum absolute atomic E-state index is 0.00762. The summed E-state index contributed by atoms with van der Waals surface area (Å²) in [6.45, 7) is 10.3. The van der Waals surface area contributed by atoms with Crippen LogP contribution in [-0.4, -0.2) is 36.8 Å². The van der Waals surface area contributed by atoms with E-state index in [1.165, 1.54) is 27.2 Å². The molecule has 0 bridgehead atoms. The monoisotopic (exact) mass is 376 g/mol. The van der Waals surface area contributed by atoms with Crippen molar-refractivity contribution in [3.63, 3.8) is 0 Å². The Morgan fingerprint density at radius 2 is 1.92 bits per heavy atom. The summed E-state index contributed by atoms with van der Waals surface area (Å²) in [6, 6.07) is 6.60. The molecule has 1 aromatic carbocycles.